The third kappa shape index (κ3) is 6.34. The van der Waals surface area contributed by atoms with Gasteiger partial charge in [-0.2, -0.15) is 4.72 Å². The number of nitrogens with one attached hydrogen (secondary N) is 2. The van der Waals surface area contributed by atoms with Crippen LogP contribution in [0.4, 0.5) is 10.1 Å². The zero-order chi connectivity index (χ0) is 22.5. The van der Waals surface area contributed by atoms with E-state index in [4.69, 9.17) is 4.74 Å². The number of carbonyl (C=O) groups is 2. The summed E-state index contributed by atoms with van der Waals surface area (Å²) in [4.78, 5) is 24.1. The fourth-order valence-electron chi connectivity index (χ4n) is 2.39. The number of aliphatic hydroxyl groups excluding tert-OH is 1. The number of aliphatic hydroxyl groups is 1. The molecule has 2 unspecified atom stereocenters. The maximum Gasteiger partial charge on any atom is 0.327 e. The van der Waals surface area contributed by atoms with Gasteiger partial charge >= 0.3 is 5.97 Å². The van der Waals surface area contributed by atoms with Crippen LogP contribution in [0.25, 0.3) is 0 Å². The first-order valence-electron chi connectivity index (χ1n) is 8.99. The number of carbonyl (C=O) groups excluding carboxylic acids is 2. The zero-order valence-electron chi connectivity index (χ0n) is 16.7. The van der Waals surface area contributed by atoms with Gasteiger partial charge in [0.2, 0.25) is 10.0 Å². The van der Waals surface area contributed by atoms with Gasteiger partial charge in [-0.1, -0.05) is 23.8 Å². The fourth-order valence-corrected chi connectivity index (χ4v) is 3.65. The second-order valence-electron chi connectivity index (χ2n) is 6.77. The molecule has 0 radical (unpaired) electrons. The highest BCUT2D eigenvalue weighted by molar-refractivity contribution is 7.89. The van der Waals surface area contributed by atoms with Crippen LogP contribution < -0.4 is 10.0 Å². The smallest absolute Gasteiger partial charge is 0.327 e. The van der Waals surface area contributed by atoms with E-state index >= 15 is 0 Å². The molecule has 0 spiro atoms. The van der Waals surface area contributed by atoms with Gasteiger partial charge in [-0.05, 0) is 50.6 Å². The number of anilines is 1. The summed E-state index contributed by atoms with van der Waals surface area (Å²) < 4.78 is 45.3. The van der Waals surface area contributed by atoms with Crippen molar-refractivity contribution in [3.05, 3.63) is 59.4 Å². The van der Waals surface area contributed by atoms with Crippen molar-refractivity contribution in [1.29, 1.82) is 0 Å². The largest absolute Gasteiger partial charge is 0.454 e. The number of benzene rings is 2. The molecule has 0 bridgehead atoms. The number of sulfonamides is 1. The van der Waals surface area contributed by atoms with Crippen molar-refractivity contribution in [1.82, 2.24) is 4.72 Å². The van der Waals surface area contributed by atoms with Crippen molar-refractivity contribution in [2.45, 2.75) is 37.8 Å². The summed E-state index contributed by atoms with van der Waals surface area (Å²) in [5, 5.41) is 12.2. The summed E-state index contributed by atoms with van der Waals surface area (Å²) in [5.74, 6) is -2.40. The summed E-state index contributed by atoms with van der Waals surface area (Å²) in [6.45, 7) is 3.81. The van der Waals surface area contributed by atoms with Crippen LogP contribution in [0.1, 0.15) is 18.1 Å². The number of ether oxygens (including phenoxy) is 1. The van der Waals surface area contributed by atoms with Crippen LogP contribution in [0.2, 0.25) is 0 Å². The summed E-state index contributed by atoms with van der Waals surface area (Å²) in [7, 11) is -4.12. The number of amides is 1. The maximum atomic E-state index is 13.5. The van der Waals surface area contributed by atoms with Crippen molar-refractivity contribution in [3.63, 3.8) is 0 Å². The normalized spacial score (nSPS) is 13.4. The first-order chi connectivity index (χ1) is 14.0. The van der Waals surface area contributed by atoms with Crippen molar-refractivity contribution < 1.29 is 32.2 Å². The molecular formula is C20H23FN2O6S. The molecule has 2 rings (SSSR count). The molecule has 10 heteroatoms. The van der Waals surface area contributed by atoms with Crippen LogP contribution in [0.5, 0.6) is 0 Å². The van der Waals surface area contributed by atoms with Crippen LogP contribution in [0.15, 0.2) is 47.4 Å². The van der Waals surface area contributed by atoms with Gasteiger partial charge in [0.15, 0.2) is 6.61 Å². The molecule has 0 fully saturated rings. The topological polar surface area (TPSA) is 122 Å². The summed E-state index contributed by atoms with van der Waals surface area (Å²) in [6.07, 6.45) is -1.42. The number of hydrogen-bond donors (Lipinski definition) is 3. The van der Waals surface area contributed by atoms with E-state index in [0.29, 0.717) is 5.56 Å². The van der Waals surface area contributed by atoms with Crippen molar-refractivity contribution in [2.75, 3.05) is 11.9 Å². The Hall–Kier alpha value is -2.82. The first kappa shape index (κ1) is 23.5. The monoisotopic (exact) mass is 438 g/mol. The average Bonchev–Trinajstić information content (AvgIpc) is 2.67. The van der Waals surface area contributed by atoms with Gasteiger partial charge in [-0.3, -0.25) is 9.59 Å². The molecule has 1 amide bonds. The molecule has 0 saturated carbocycles. The van der Waals surface area contributed by atoms with Crippen LogP contribution >= 0.6 is 0 Å². The predicted octanol–water partition coefficient (Wildman–Crippen LogP) is 1.65. The second-order valence-corrected chi connectivity index (χ2v) is 8.49. The molecule has 0 aliphatic carbocycles. The lowest BCUT2D eigenvalue weighted by molar-refractivity contribution is -0.151. The van der Waals surface area contributed by atoms with E-state index in [1.165, 1.54) is 31.2 Å². The predicted molar refractivity (Wildman–Crippen MR) is 108 cm³/mol. The minimum Gasteiger partial charge on any atom is -0.454 e. The SMILES string of the molecule is Cc1ccc(S(=O)(=O)NC(C(=O)OCC(=O)Nc2ccc(C)c(F)c2)C(C)O)cc1. The van der Waals surface area contributed by atoms with Gasteiger partial charge in [0.25, 0.3) is 5.91 Å². The second kappa shape index (κ2) is 9.79. The Morgan fingerprint density at radius 3 is 2.33 bits per heavy atom. The molecule has 0 aliphatic heterocycles. The Kier molecular flexibility index (Phi) is 7.65. The van der Waals surface area contributed by atoms with Gasteiger partial charge in [0.05, 0.1) is 11.0 Å². The Bertz CT molecular complexity index is 1020. The van der Waals surface area contributed by atoms with Crippen molar-refractivity contribution in [3.8, 4) is 0 Å². The van der Waals surface area contributed by atoms with Gasteiger partial charge in [-0.15, -0.1) is 0 Å². The van der Waals surface area contributed by atoms with Crippen LogP contribution in [0.3, 0.4) is 0 Å². The van der Waals surface area contributed by atoms with E-state index in [9.17, 15) is 27.5 Å². The lowest BCUT2D eigenvalue weighted by Crippen LogP contribution is -2.48. The number of esters is 1. The minimum atomic E-state index is -4.12. The number of aryl methyl sites for hydroxylation is 2. The molecule has 8 nitrogen and oxygen atoms in total. The lowest BCUT2D eigenvalue weighted by Gasteiger charge is -2.20. The highest BCUT2D eigenvalue weighted by Gasteiger charge is 2.31. The molecule has 30 heavy (non-hydrogen) atoms. The summed E-state index contributed by atoms with van der Waals surface area (Å²) in [5.41, 5.74) is 1.42. The minimum absolute atomic E-state index is 0.0920. The molecule has 0 aliphatic rings. The molecule has 0 aromatic heterocycles. The maximum absolute atomic E-state index is 13.5. The van der Waals surface area contributed by atoms with Crippen LogP contribution in [-0.2, 0) is 24.3 Å². The van der Waals surface area contributed by atoms with E-state index in [1.54, 1.807) is 26.0 Å². The summed E-state index contributed by atoms with van der Waals surface area (Å²) in [6, 6.07) is 8.33. The third-order valence-corrected chi connectivity index (χ3v) is 5.61. The Labute approximate surface area is 174 Å². The Balaban J connectivity index is 2.00. The van der Waals surface area contributed by atoms with Gasteiger partial charge in [0, 0.05) is 5.69 Å². The quantitative estimate of drug-likeness (QED) is 0.539. The van der Waals surface area contributed by atoms with E-state index in [0.717, 1.165) is 11.6 Å². The lowest BCUT2D eigenvalue weighted by atomic mass is 10.2. The third-order valence-electron chi connectivity index (χ3n) is 4.15. The number of rotatable bonds is 8. The van der Waals surface area contributed by atoms with Crippen molar-refractivity contribution in [2.24, 2.45) is 0 Å². The Morgan fingerprint density at radius 1 is 1.13 bits per heavy atom. The van der Waals surface area contributed by atoms with E-state index < -0.39 is 46.5 Å². The van der Waals surface area contributed by atoms with Crippen LogP contribution in [0, 0.1) is 19.7 Å². The highest BCUT2D eigenvalue weighted by atomic mass is 32.2. The Morgan fingerprint density at radius 2 is 1.77 bits per heavy atom. The van der Waals surface area contributed by atoms with Gasteiger partial charge < -0.3 is 15.2 Å². The molecular weight excluding hydrogens is 415 g/mol. The number of halogens is 1. The first-order valence-corrected chi connectivity index (χ1v) is 10.5. The molecule has 2 aromatic rings. The molecule has 162 valence electrons. The standard InChI is InChI=1S/C20H23FN2O6S/c1-12-4-8-16(9-5-12)30(27,28)23-19(14(3)24)20(26)29-11-18(25)22-15-7-6-13(2)17(21)10-15/h4-10,14,19,23-24H,11H2,1-3H3,(H,22,25). The zero-order valence-corrected chi connectivity index (χ0v) is 17.5. The van der Waals surface area contributed by atoms with E-state index in [1.807, 2.05) is 0 Å². The van der Waals surface area contributed by atoms with Gasteiger partial charge in [0.1, 0.15) is 11.9 Å². The fraction of sp³-hybridized carbons (Fsp3) is 0.300. The summed E-state index contributed by atoms with van der Waals surface area (Å²) >= 11 is 0. The van der Waals surface area contributed by atoms with Gasteiger partial charge in [-0.25, -0.2) is 12.8 Å². The average molecular weight is 438 g/mol. The van der Waals surface area contributed by atoms with E-state index in [2.05, 4.69) is 10.0 Å². The molecule has 0 heterocycles. The molecule has 0 saturated heterocycles. The number of hydrogen-bond acceptors (Lipinski definition) is 6. The van der Waals surface area contributed by atoms with Crippen LogP contribution in [-0.4, -0.2) is 44.2 Å². The molecule has 2 atom stereocenters. The molecule has 3 N–H and O–H groups in total. The van der Waals surface area contributed by atoms with Crippen molar-refractivity contribution >= 4 is 27.6 Å². The molecule has 2 aromatic carbocycles. The van der Waals surface area contributed by atoms with E-state index in [-0.39, 0.29) is 10.6 Å². The highest BCUT2D eigenvalue weighted by Crippen LogP contribution is 2.14.